The minimum atomic E-state index is 0.0589. The normalized spacial score (nSPS) is 19.9. The molecule has 1 saturated heterocycles. The first-order chi connectivity index (χ1) is 8.34. The van der Waals surface area contributed by atoms with Crippen molar-refractivity contribution in [3.63, 3.8) is 0 Å². The molecule has 0 radical (unpaired) electrons. The zero-order valence-electron chi connectivity index (χ0n) is 9.82. The van der Waals surface area contributed by atoms with Crippen LogP contribution in [0.5, 0.6) is 0 Å². The summed E-state index contributed by atoms with van der Waals surface area (Å²) in [6.07, 6.45) is 1.34. The van der Waals surface area contributed by atoms with Gasteiger partial charge in [0, 0.05) is 24.7 Å². The molecule has 1 aromatic rings. The largest absolute Gasteiger partial charge is 0.379 e. The van der Waals surface area contributed by atoms with Crippen molar-refractivity contribution in [1.82, 2.24) is 5.32 Å². The molecule has 0 bridgehead atoms. The third kappa shape index (κ3) is 4.17. The van der Waals surface area contributed by atoms with E-state index in [2.05, 4.69) is 10.6 Å². The first kappa shape index (κ1) is 12.1. The number of anilines is 1. The number of rotatable bonds is 4. The van der Waals surface area contributed by atoms with Crippen molar-refractivity contribution in [2.75, 3.05) is 25.1 Å². The highest BCUT2D eigenvalue weighted by molar-refractivity contribution is 5.90. The van der Waals surface area contributed by atoms with E-state index in [-0.39, 0.29) is 5.91 Å². The number of ether oxygens (including phenoxy) is 1. The van der Waals surface area contributed by atoms with Crippen LogP contribution in [-0.4, -0.2) is 31.7 Å². The van der Waals surface area contributed by atoms with Crippen LogP contribution in [-0.2, 0) is 9.53 Å². The van der Waals surface area contributed by atoms with Crippen molar-refractivity contribution >= 4 is 11.6 Å². The molecular weight excluding hydrogens is 216 g/mol. The lowest BCUT2D eigenvalue weighted by Gasteiger charge is -2.23. The fraction of sp³-hybridized carbons (Fsp3) is 0.462. The topological polar surface area (TPSA) is 50.4 Å². The molecule has 4 nitrogen and oxygen atoms in total. The quantitative estimate of drug-likeness (QED) is 0.827. The van der Waals surface area contributed by atoms with E-state index in [1.165, 1.54) is 0 Å². The second kappa shape index (κ2) is 6.37. The number of carbonyl (C=O) groups excluding carboxylic acids is 1. The van der Waals surface area contributed by atoms with Crippen molar-refractivity contribution in [3.8, 4) is 0 Å². The monoisotopic (exact) mass is 234 g/mol. The minimum absolute atomic E-state index is 0.0589. The molecule has 0 aliphatic carbocycles. The Kier molecular flexibility index (Phi) is 4.53. The van der Waals surface area contributed by atoms with E-state index < -0.39 is 0 Å². The Hall–Kier alpha value is -1.39. The van der Waals surface area contributed by atoms with Crippen LogP contribution < -0.4 is 10.6 Å². The zero-order valence-corrected chi connectivity index (χ0v) is 9.82. The van der Waals surface area contributed by atoms with Gasteiger partial charge in [-0.2, -0.15) is 0 Å². The molecule has 2 N–H and O–H groups in total. The van der Waals surface area contributed by atoms with Gasteiger partial charge in [-0.25, -0.2) is 0 Å². The van der Waals surface area contributed by atoms with E-state index in [1.54, 1.807) is 0 Å². The van der Waals surface area contributed by atoms with Gasteiger partial charge in [0.25, 0.3) is 0 Å². The van der Waals surface area contributed by atoms with Gasteiger partial charge < -0.3 is 15.4 Å². The summed E-state index contributed by atoms with van der Waals surface area (Å²) in [4.78, 5) is 11.7. The Balaban J connectivity index is 1.70. The molecule has 1 aromatic carbocycles. The van der Waals surface area contributed by atoms with Crippen LogP contribution in [0.2, 0.25) is 0 Å². The molecular formula is C13H18N2O2. The standard InChI is InChI=1S/C13H18N2O2/c16-13(15-11-4-2-1-3-5-11)7-6-12-10-17-9-8-14-12/h1-5,12,14H,6-10H2,(H,15,16). The van der Waals surface area contributed by atoms with Crippen molar-refractivity contribution in [1.29, 1.82) is 0 Å². The van der Waals surface area contributed by atoms with Crippen LogP contribution in [0.15, 0.2) is 30.3 Å². The smallest absolute Gasteiger partial charge is 0.224 e. The van der Waals surface area contributed by atoms with Crippen LogP contribution in [0.1, 0.15) is 12.8 Å². The van der Waals surface area contributed by atoms with Gasteiger partial charge in [0.2, 0.25) is 5.91 Å². The number of nitrogens with one attached hydrogen (secondary N) is 2. The predicted octanol–water partition coefficient (Wildman–Crippen LogP) is 1.39. The molecule has 1 atom stereocenters. The lowest BCUT2D eigenvalue weighted by Crippen LogP contribution is -2.41. The maximum Gasteiger partial charge on any atom is 0.224 e. The van der Waals surface area contributed by atoms with Gasteiger partial charge in [-0.05, 0) is 18.6 Å². The Morgan fingerprint density at radius 3 is 2.94 bits per heavy atom. The number of hydrogen-bond acceptors (Lipinski definition) is 3. The lowest BCUT2D eigenvalue weighted by atomic mass is 10.1. The van der Waals surface area contributed by atoms with Crippen molar-refractivity contribution in [2.24, 2.45) is 0 Å². The molecule has 0 aromatic heterocycles. The molecule has 17 heavy (non-hydrogen) atoms. The van der Waals surface area contributed by atoms with Crippen LogP contribution in [0.25, 0.3) is 0 Å². The predicted molar refractivity (Wildman–Crippen MR) is 66.9 cm³/mol. The Morgan fingerprint density at radius 1 is 1.41 bits per heavy atom. The summed E-state index contributed by atoms with van der Waals surface area (Å²) in [6, 6.07) is 9.84. The van der Waals surface area contributed by atoms with Gasteiger partial charge >= 0.3 is 0 Å². The first-order valence-electron chi connectivity index (χ1n) is 6.00. The average molecular weight is 234 g/mol. The average Bonchev–Trinajstić information content (AvgIpc) is 2.39. The molecule has 1 heterocycles. The van der Waals surface area contributed by atoms with Crippen molar-refractivity contribution < 1.29 is 9.53 Å². The van der Waals surface area contributed by atoms with Crippen LogP contribution in [0.4, 0.5) is 5.69 Å². The van der Waals surface area contributed by atoms with Crippen LogP contribution >= 0.6 is 0 Å². The van der Waals surface area contributed by atoms with E-state index in [1.807, 2.05) is 30.3 Å². The van der Waals surface area contributed by atoms with E-state index in [9.17, 15) is 4.79 Å². The van der Waals surface area contributed by atoms with E-state index in [0.29, 0.717) is 19.1 Å². The van der Waals surface area contributed by atoms with Gasteiger partial charge in [-0.15, -0.1) is 0 Å². The zero-order chi connectivity index (χ0) is 11.9. The van der Waals surface area contributed by atoms with Crippen molar-refractivity contribution in [3.05, 3.63) is 30.3 Å². The SMILES string of the molecule is O=C(CCC1COCCN1)Nc1ccccc1. The third-order valence-corrected chi connectivity index (χ3v) is 2.78. The van der Waals surface area contributed by atoms with Gasteiger partial charge in [-0.1, -0.05) is 18.2 Å². The molecule has 92 valence electrons. The van der Waals surface area contributed by atoms with E-state index in [0.717, 1.165) is 25.3 Å². The summed E-state index contributed by atoms with van der Waals surface area (Å²) < 4.78 is 5.34. The molecule has 2 rings (SSSR count). The molecule has 0 spiro atoms. The number of benzene rings is 1. The highest BCUT2D eigenvalue weighted by atomic mass is 16.5. The second-order valence-electron chi connectivity index (χ2n) is 4.18. The number of morpholine rings is 1. The molecule has 1 fully saturated rings. The molecule has 1 amide bonds. The summed E-state index contributed by atoms with van der Waals surface area (Å²) in [5, 5.41) is 6.21. The lowest BCUT2D eigenvalue weighted by molar-refractivity contribution is -0.116. The Morgan fingerprint density at radius 2 is 2.24 bits per heavy atom. The van der Waals surface area contributed by atoms with Crippen LogP contribution in [0.3, 0.4) is 0 Å². The first-order valence-corrected chi connectivity index (χ1v) is 6.00. The maximum atomic E-state index is 11.7. The molecule has 0 saturated carbocycles. The summed E-state index contributed by atoms with van der Waals surface area (Å²) in [6.45, 7) is 2.36. The Labute approximate surface area is 101 Å². The van der Waals surface area contributed by atoms with E-state index >= 15 is 0 Å². The summed E-state index contributed by atoms with van der Waals surface area (Å²) in [5.41, 5.74) is 0.852. The molecule has 4 heteroatoms. The third-order valence-electron chi connectivity index (χ3n) is 2.78. The number of amides is 1. The van der Waals surface area contributed by atoms with Gasteiger partial charge in [0.05, 0.1) is 13.2 Å². The summed E-state index contributed by atoms with van der Waals surface area (Å²) >= 11 is 0. The molecule has 1 aliphatic rings. The molecule has 1 unspecified atom stereocenters. The molecule has 1 aliphatic heterocycles. The number of hydrogen-bond donors (Lipinski definition) is 2. The number of para-hydroxylation sites is 1. The Bertz CT molecular complexity index is 348. The van der Waals surface area contributed by atoms with Gasteiger partial charge in [0.1, 0.15) is 0 Å². The number of carbonyl (C=O) groups is 1. The summed E-state index contributed by atoms with van der Waals surface area (Å²) in [7, 11) is 0. The fourth-order valence-electron chi connectivity index (χ4n) is 1.86. The van der Waals surface area contributed by atoms with E-state index in [4.69, 9.17) is 4.74 Å². The summed E-state index contributed by atoms with van der Waals surface area (Å²) in [5.74, 6) is 0.0589. The minimum Gasteiger partial charge on any atom is -0.379 e. The maximum absolute atomic E-state index is 11.7. The van der Waals surface area contributed by atoms with Gasteiger partial charge in [0.15, 0.2) is 0 Å². The second-order valence-corrected chi connectivity index (χ2v) is 4.18. The van der Waals surface area contributed by atoms with Crippen LogP contribution in [0, 0.1) is 0 Å². The fourth-order valence-corrected chi connectivity index (χ4v) is 1.86. The highest BCUT2D eigenvalue weighted by Crippen LogP contribution is 2.07. The van der Waals surface area contributed by atoms with Gasteiger partial charge in [-0.3, -0.25) is 4.79 Å². The highest BCUT2D eigenvalue weighted by Gasteiger charge is 2.14. The van der Waals surface area contributed by atoms with Crippen molar-refractivity contribution in [2.45, 2.75) is 18.9 Å².